The Labute approximate surface area is 126 Å². The van der Waals surface area contributed by atoms with E-state index in [1.807, 2.05) is 11.4 Å². The minimum Gasteiger partial charge on any atom is -0.379 e. The zero-order chi connectivity index (χ0) is 14.3. The van der Waals surface area contributed by atoms with E-state index in [1.54, 1.807) is 17.7 Å². The van der Waals surface area contributed by atoms with Gasteiger partial charge in [-0.15, -0.1) is 11.3 Å². The lowest BCUT2D eigenvalue weighted by Gasteiger charge is -2.38. The van der Waals surface area contributed by atoms with Crippen LogP contribution in [0.4, 0.5) is 11.5 Å². The normalized spacial score (nSPS) is 16.6. The summed E-state index contributed by atoms with van der Waals surface area (Å²) in [7, 11) is 0. The van der Waals surface area contributed by atoms with Gasteiger partial charge in [-0.1, -0.05) is 19.1 Å². The highest BCUT2D eigenvalue weighted by molar-refractivity contribution is 7.16. The predicted octanol–water partition coefficient (Wildman–Crippen LogP) is 3.72. The van der Waals surface area contributed by atoms with E-state index in [0.717, 1.165) is 34.9 Å². The van der Waals surface area contributed by atoms with E-state index in [2.05, 4.69) is 46.5 Å². The van der Waals surface area contributed by atoms with Gasteiger partial charge in [0.25, 0.3) is 0 Å². The average Bonchev–Trinajstić information content (AvgIpc) is 2.95. The van der Waals surface area contributed by atoms with Crippen molar-refractivity contribution in [1.82, 2.24) is 9.97 Å². The number of fused-ring (bicyclic) bond motifs is 1. The molecule has 0 unspecified atom stereocenters. The summed E-state index contributed by atoms with van der Waals surface area (Å²) in [5, 5.41) is 6.47. The van der Waals surface area contributed by atoms with Crippen LogP contribution in [0.5, 0.6) is 0 Å². The number of rotatable bonds is 3. The first-order valence-corrected chi connectivity index (χ1v) is 7.76. The molecule has 1 aliphatic heterocycles. The summed E-state index contributed by atoms with van der Waals surface area (Å²) in [5.74, 6) is 0.854. The summed E-state index contributed by atoms with van der Waals surface area (Å²) in [6.45, 7) is 3.85. The zero-order valence-corrected chi connectivity index (χ0v) is 12.5. The molecule has 106 valence electrons. The minimum absolute atomic E-state index is 0.175. The Kier molecular flexibility index (Phi) is 2.90. The summed E-state index contributed by atoms with van der Waals surface area (Å²) < 4.78 is 5.33. The number of ether oxygens (including phenoxy) is 1. The van der Waals surface area contributed by atoms with Crippen LogP contribution in [0.1, 0.15) is 12.5 Å². The number of thiophene rings is 1. The molecule has 1 aliphatic rings. The lowest BCUT2D eigenvalue weighted by Crippen LogP contribution is -2.43. The Balaban J connectivity index is 1.61. The van der Waals surface area contributed by atoms with Crippen molar-refractivity contribution in [3.63, 3.8) is 0 Å². The Morgan fingerprint density at radius 2 is 1.95 bits per heavy atom. The molecule has 0 radical (unpaired) electrons. The Morgan fingerprint density at radius 1 is 1.14 bits per heavy atom. The molecule has 0 spiro atoms. The van der Waals surface area contributed by atoms with Crippen molar-refractivity contribution >= 4 is 33.1 Å². The summed E-state index contributed by atoms with van der Waals surface area (Å²) in [6.07, 6.45) is 1.60. The fourth-order valence-corrected chi connectivity index (χ4v) is 3.29. The van der Waals surface area contributed by atoms with Gasteiger partial charge in [-0.3, -0.25) is 0 Å². The van der Waals surface area contributed by atoms with Crippen LogP contribution in [0.2, 0.25) is 0 Å². The van der Waals surface area contributed by atoms with Gasteiger partial charge >= 0.3 is 0 Å². The van der Waals surface area contributed by atoms with E-state index in [9.17, 15) is 0 Å². The van der Waals surface area contributed by atoms with Crippen molar-refractivity contribution in [3.8, 4) is 0 Å². The first-order chi connectivity index (χ1) is 10.2. The van der Waals surface area contributed by atoms with Gasteiger partial charge in [-0.2, -0.15) is 0 Å². The van der Waals surface area contributed by atoms with Crippen LogP contribution in [0, 0.1) is 0 Å². The molecule has 1 aromatic carbocycles. The van der Waals surface area contributed by atoms with E-state index in [4.69, 9.17) is 4.74 Å². The highest BCUT2D eigenvalue weighted by Crippen LogP contribution is 2.33. The average molecular weight is 297 g/mol. The van der Waals surface area contributed by atoms with Gasteiger partial charge in [-0.05, 0) is 29.1 Å². The molecule has 3 aromatic rings. The van der Waals surface area contributed by atoms with E-state index in [1.165, 1.54) is 5.56 Å². The SMILES string of the molecule is CC1(c2ccc(Nc3ncnc4sccc34)cc2)COC1. The summed E-state index contributed by atoms with van der Waals surface area (Å²) in [6, 6.07) is 10.6. The van der Waals surface area contributed by atoms with E-state index in [0.29, 0.717) is 0 Å². The van der Waals surface area contributed by atoms with Crippen molar-refractivity contribution in [3.05, 3.63) is 47.6 Å². The van der Waals surface area contributed by atoms with Crippen molar-refractivity contribution in [2.45, 2.75) is 12.3 Å². The first kappa shape index (κ1) is 12.7. The van der Waals surface area contributed by atoms with Crippen LogP contribution in [-0.4, -0.2) is 23.2 Å². The Hall–Kier alpha value is -1.98. The number of hydrogen-bond acceptors (Lipinski definition) is 5. The van der Waals surface area contributed by atoms with Gasteiger partial charge in [-0.25, -0.2) is 9.97 Å². The number of nitrogens with zero attached hydrogens (tertiary/aromatic N) is 2. The van der Waals surface area contributed by atoms with Gasteiger partial charge < -0.3 is 10.1 Å². The molecule has 5 heteroatoms. The van der Waals surface area contributed by atoms with E-state index in [-0.39, 0.29) is 5.41 Å². The maximum atomic E-state index is 5.33. The number of benzene rings is 1. The third-order valence-corrected chi connectivity index (χ3v) is 4.77. The quantitative estimate of drug-likeness (QED) is 0.800. The minimum atomic E-state index is 0.175. The molecule has 4 nitrogen and oxygen atoms in total. The molecule has 21 heavy (non-hydrogen) atoms. The predicted molar refractivity (Wildman–Crippen MR) is 85.3 cm³/mol. The largest absolute Gasteiger partial charge is 0.379 e. The van der Waals surface area contributed by atoms with Gasteiger partial charge in [0.2, 0.25) is 0 Å². The smallest absolute Gasteiger partial charge is 0.142 e. The molecule has 1 saturated heterocycles. The molecule has 0 aliphatic carbocycles. The van der Waals surface area contributed by atoms with Crippen molar-refractivity contribution in [1.29, 1.82) is 0 Å². The topological polar surface area (TPSA) is 47.0 Å². The molecule has 0 atom stereocenters. The number of anilines is 2. The monoisotopic (exact) mass is 297 g/mol. The number of aromatic nitrogens is 2. The molecule has 0 amide bonds. The van der Waals surface area contributed by atoms with Gasteiger partial charge in [0, 0.05) is 11.1 Å². The van der Waals surface area contributed by atoms with Crippen LogP contribution < -0.4 is 5.32 Å². The van der Waals surface area contributed by atoms with Gasteiger partial charge in [0.1, 0.15) is 17.0 Å². The van der Waals surface area contributed by atoms with E-state index < -0.39 is 0 Å². The molecule has 3 heterocycles. The molecule has 2 aromatic heterocycles. The molecular formula is C16H15N3OS. The fourth-order valence-electron chi connectivity index (χ4n) is 2.56. The Bertz CT molecular complexity index is 778. The second kappa shape index (κ2) is 4.79. The van der Waals surface area contributed by atoms with Crippen LogP contribution in [0.25, 0.3) is 10.2 Å². The van der Waals surface area contributed by atoms with Crippen LogP contribution in [-0.2, 0) is 10.2 Å². The second-order valence-electron chi connectivity index (χ2n) is 5.62. The van der Waals surface area contributed by atoms with Crippen LogP contribution in [0.15, 0.2) is 42.0 Å². The molecule has 1 N–H and O–H groups in total. The standard InChI is InChI=1S/C16H15N3OS/c1-16(8-20-9-16)11-2-4-12(5-3-11)19-14-13-6-7-21-15(13)18-10-17-14/h2-7,10H,8-9H2,1H3,(H,17,18,19). The fraction of sp³-hybridized carbons (Fsp3) is 0.250. The van der Waals surface area contributed by atoms with E-state index >= 15 is 0 Å². The summed E-state index contributed by atoms with van der Waals surface area (Å²) >= 11 is 1.62. The molecular weight excluding hydrogens is 282 g/mol. The van der Waals surface area contributed by atoms with Gasteiger partial charge in [0.15, 0.2) is 0 Å². The maximum absolute atomic E-state index is 5.33. The third kappa shape index (κ3) is 2.18. The summed E-state index contributed by atoms with van der Waals surface area (Å²) in [4.78, 5) is 9.60. The van der Waals surface area contributed by atoms with Crippen molar-refractivity contribution in [2.75, 3.05) is 18.5 Å². The van der Waals surface area contributed by atoms with Crippen LogP contribution in [0.3, 0.4) is 0 Å². The molecule has 1 fully saturated rings. The lowest BCUT2D eigenvalue weighted by molar-refractivity contribution is -0.0499. The number of hydrogen-bond donors (Lipinski definition) is 1. The molecule has 0 bridgehead atoms. The lowest BCUT2D eigenvalue weighted by atomic mass is 9.81. The number of nitrogens with one attached hydrogen (secondary N) is 1. The van der Waals surface area contributed by atoms with Crippen molar-refractivity contribution in [2.24, 2.45) is 0 Å². The first-order valence-electron chi connectivity index (χ1n) is 6.88. The molecule has 4 rings (SSSR count). The van der Waals surface area contributed by atoms with Gasteiger partial charge in [0.05, 0.1) is 18.6 Å². The highest BCUT2D eigenvalue weighted by atomic mass is 32.1. The highest BCUT2D eigenvalue weighted by Gasteiger charge is 2.34. The van der Waals surface area contributed by atoms with Crippen LogP contribution >= 0.6 is 11.3 Å². The maximum Gasteiger partial charge on any atom is 0.142 e. The third-order valence-electron chi connectivity index (χ3n) is 3.95. The Morgan fingerprint density at radius 3 is 2.67 bits per heavy atom. The molecule has 0 saturated carbocycles. The second-order valence-corrected chi connectivity index (χ2v) is 6.51. The summed E-state index contributed by atoms with van der Waals surface area (Å²) in [5.41, 5.74) is 2.53. The zero-order valence-electron chi connectivity index (χ0n) is 11.7. The van der Waals surface area contributed by atoms with Crippen molar-refractivity contribution < 1.29 is 4.74 Å².